The number of halogens is 3. The number of hydrogen-bond acceptors (Lipinski definition) is 5. The molecule has 1 aromatic rings. The van der Waals surface area contributed by atoms with Crippen LogP contribution < -0.4 is 0 Å². The highest BCUT2D eigenvalue weighted by Crippen LogP contribution is 2.47. The molecule has 2 atom stereocenters. The molecule has 5 nitrogen and oxygen atoms in total. The smallest absolute Gasteiger partial charge is 0.402 e. The van der Waals surface area contributed by atoms with Crippen LogP contribution in [0.25, 0.3) is 0 Å². The first-order chi connectivity index (χ1) is 13.5. The van der Waals surface area contributed by atoms with Crippen molar-refractivity contribution in [2.75, 3.05) is 0 Å². The SMILES string of the molecule is CC(C)(C)OC(=O)C(CC1(C(=O)OC(C)(C)C)Cc2ccccc2C1=O)C(F)(F)F. The maximum absolute atomic E-state index is 13.9. The van der Waals surface area contributed by atoms with Gasteiger partial charge in [0.15, 0.2) is 11.7 Å². The fraction of sp³-hybridized carbons (Fsp3) is 0.591. The molecule has 30 heavy (non-hydrogen) atoms. The quantitative estimate of drug-likeness (QED) is 0.515. The first kappa shape index (κ1) is 23.9. The minimum Gasteiger partial charge on any atom is -0.459 e. The van der Waals surface area contributed by atoms with Gasteiger partial charge in [-0.2, -0.15) is 13.2 Å². The molecule has 1 aromatic carbocycles. The lowest BCUT2D eigenvalue weighted by Gasteiger charge is -2.33. The summed E-state index contributed by atoms with van der Waals surface area (Å²) in [4.78, 5) is 38.7. The number of carbonyl (C=O) groups is 3. The lowest BCUT2D eigenvalue weighted by Crippen LogP contribution is -2.48. The molecular weight excluding hydrogens is 401 g/mol. The molecule has 0 fully saturated rings. The number of benzene rings is 1. The predicted molar refractivity (Wildman–Crippen MR) is 103 cm³/mol. The van der Waals surface area contributed by atoms with Gasteiger partial charge in [0, 0.05) is 5.56 Å². The molecule has 0 aliphatic heterocycles. The number of esters is 2. The van der Waals surface area contributed by atoms with E-state index in [1.54, 1.807) is 39.0 Å². The molecule has 0 saturated heterocycles. The van der Waals surface area contributed by atoms with Gasteiger partial charge in [-0.05, 0) is 59.9 Å². The summed E-state index contributed by atoms with van der Waals surface area (Å²) >= 11 is 0. The van der Waals surface area contributed by atoms with Crippen LogP contribution in [0.4, 0.5) is 13.2 Å². The molecule has 166 valence electrons. The lowest BCUT2D eigenvalue weighted by atomic mass is 9.75. The summed E-state index contributed by atoms with van der Waals surface area (Å²) in [6.07, 6.45) is -6.35. The van der Waals surface area contributed by atoms with Gasteiger partial charge in [-0.25, -0.2) is 0 Å². The molecule has 0 spiro atoms. The number of carbonyl (C=O) groups excluding carboxylic acids is 3. The summed E-state index contributed by atoms with van der Waals surface area (Å²) in [6, 6.07) is 6.23. The third-order valence-corrected chi connectivity index (χ3v) is 4.62. The van der Waals surface area contributed by atoms with Crippen molar-refractivity contribution >= 4 is 17.7 Å². The van der Waals surface area contributed by atoms with E-state index in [2.05, 4.69) is 0 Å². The van der Waals surface area contributed by atoms with E-state index in [1.807, 2.05) is 0 Å². The molecule has 2 rings (SSSR count). The maximum atomic E-state index is 13.9. The van der Waals surface area contributed by atoms with E-state index in [-0.39, 0.29) is 12.0 Å². The van der Waals surface area contributed by atoms with Crippen molar-refractivity contribution in [1.82, 2.24) is 0 Å². The molecule has 0 aromatic heterocycles. The number of fused-ring (bicyclic) bond motifs is 1. The van der Waals surface area contributed by atoms with Crippen molar-refractivity contribution in [2.45, 2.75) is 71.8 Å². The molecule has 0 bridgehead atoms. The second kappa shape index (κ2) is 7.71. The van der Waals surface area contributed by atoms with Crippen LogP contribution in [-0.2, 0) is 25.5 Å². The third kappa shape index (κ3) is 5.21. The minimum atomic E-state index is -5.01. The number of ether oxygens (including phenoxy) is 2. The summed E-state index contributed by atoms with van der Waals surface area (Å²) in [5.41, 5.74) is -3.75. The number of ketones is 1. The van der Waals surface area contributed by atoms with Gasteiger partial charge in [0.05, 0.1) is 0 Å². The molecule has 0 radical (unpaired) electrons. The van der Waals surface area contributed by atoms with Crippen molar-refractivity contribution in [3.8, 4) is 0 Å². The standard InChI is InChI=1S/C22H27F3O5/c1-19(2,3)29-17(27)15(22(23,24)25)12-21(18(28)30-20(4,5)6)11-13-9-7-8-10-14(13)16(21)26/h7-10,15H,11-12H2,1-6H3. The van der Waals surface area contributed by atoms with E-state index in [0.29, 0.717) is 5.56 Å². The third-order valence-electron chi connectivity index (χ3n) is 4.62. The zero-order valence-electron chi connectivity index (χ0n) is 18.0. The van der Waals surface area contributed by atoms with Crippen LogP contribution in [0.1, 0.15) is 63.9 Å². The fourth-order valence-corrected chi connectivity index (χ4v) is 3.40. The molecule has 1 aliphatic carbocycles. The van der Waals surface area contributed by atoms with Crippen LogP contribution >= 0.6 is 0 Å². The Balaban J connectivity index is 2.53. The van der Waals surface area contributed by atoms with E-state index < -0.39 is 52.9 Å². The zero-order chi connectivity index (χ0) is 23.1. The summed E-state index contributed by atoms with van der Waals surface area (Å²) < 4.78 is 51.9. The van der Waals surface area contributed by atoms with Crippen molar-refractivity contribution in [3.05, 3.63) is 35.4 Å². The Bertz CT molecular complexity index is 846. The van der Waals surface area contributed by atoms with Gasteiger partial charge in [0.25, 0.3) is 0 Å². The monoisotopic (exact) mass is 428 g/mol. The van der Waals surface area contributed by atoms with Crippen molar-refractivity contribution in [3.63, 3.8) is 0 Å². The van der Waals surface area contributed by atoms with Crippen LogP contribution in [0.2, 0.25) is 0 Å². The first-order valence-corrected chi connectivity index (χ1v) is 9.62. The van der Waals surface area contributed by atoms with Crippen LogP contribution in [0.15, 0.2) is 24.3 Å². The molecule has 0 N–H and O–H groups in total. The van der Waals surface area contributed by atoms with Gasteiger partial charge in [-0.15, -0.1) is 0 Å². The van der Waals surface area contributed by atoms with Gasteiger partial charge in [-0.3, -0.25) is 14.4 Å². The molecular formula is C22H27F3O5. The number of rotatable bonds is 4. The highest BCUT2D eigenvalue weighted by Gasteiger charge is 2.60. The van der Waals surface area contributed by atoms with Crippen molar-refractivity contribution < 1.29 is 37.0 Å². The van der Waals surface area contributed by atoms with Crippen LogP contribution in [-0.4, -0.2) is 35.1 Å². The van der Waals surface area contributed by atoms with Crippen molar-refractivity contribution in [1.29, 1.82) is 0 Å². The Morgan fingerprint density at radius 1 is 1.00 bits per heavy atom. The van der Waals surface area contributed by atoms with E-state index in [4.69, 9.17) is 9.47 Å². The summed E-state index contributed by atoms with van der Waals surface area (Å²) in [5, 5.41) is 0. The molecule has 8 heteroatoms. The van der Waals surface area contributed by atoms with E-state index >= 15 is 0 Å². The predicted octanol–water partition coefficient (Wildman–Crippen LogP) is 4.66. The van der Waals surface area contributed by atoms with Gasteiger partial charge in [0.1, 0.15) is 16.6 Å². The summed E-state index contributed by atoms with van der Waals surface area (Å²) in [7, 11) is 0. The highest BCUT2D eigenvalue weighted by molar-refractivity contribution is 6.16. The molecule has 0 heterocycles. The van der Waals surface area contributed by atoms with E-state index in [9.17, 15) is 27.6 Å². The Morgan fingerprint density at radius 2 is 1.53 bits per heavy atom. The van der Waals surface area contributed by atoms with Gasteiger partial charge < -0.3 is 9.47 Å². The van der Waals surface area contributed by atoms with Crippen LogP contribution in [0.3, 0.4) is 0 Å². The van der Waals surface area contributed by atoms with Crippen molar-refractivity contribution in [2.24, 2.45) is 11.3 Å². The number of hydrogen-bond donors (Lipinski definition) is 0. The highest BCUT2D eigenvalue weighted by atomic mass is 19.4. The number of Topliss-reactive ketones (excluding diaryl/α,β-unsaturated/α-hetero) is 1. The Morgan fingerprint density at radius 3 is 2.00 bits per heavy atom. The van der Waals surface area contributed by atoms with Crippen LogP contribution in [0.5, 0.6) is 0 Å². The Labute approximate surface area is 173 Å². The largest absolute Gasteiger partial charge is 0.459 e. The fourth-order valence-electron chi connectivity index (χ4n) is 3.40. The minimum absolute atomic E-state index is 0.161. The second-order valence-corrected chi connectivity index (χ2v) is 9.58. The lowest BCUT2D eigenvalue weighted by molar-refractivity contribution is -0.210. The maximum Gasteiger partial charge on any atom is 0.402 e. The average Bonchev–Trinajstić information content (AvgIpc) is 2.82. The molecule has 0 saturated carbocycles. The van der Waals surface area contributed by atoms with Gasteiger partial charge in [-0.1, -0.05) is 24.3 Å². The molecule has 1 aliphatic rings. The number of alkyl halides is 3. The zero-order valence-corrected chi connectivity index (χ0v) is 18.0. The Hall–Kier alpha value is -2.38. The normalized spacial score (nSPS) is 20.5. The first-order valence-electron chi connectivity index (χ1n) is 9.62. The molecule has 0 amide bonds. The average molecular weight is 428 g/mol. The van der Waals surface area contributed by atoms with Crippen LogP contribution in [0, 0.1) is 11.3 Å². The topological polar surface area (TPSA) is 69.7 Å². The van der Waals surface area contributed by atoms with Gasteiger partial charge in [0.2, 0.25) is 0 Å². The van der Waals surface area contributed by atoms with E-state index in [0.717, 1.165) is 0 Å². The van der Waals surface area contributed by atoms with Gasteiger partial charge >= 0.3 is 18.1 Å². The van der Waals surface area contributed by atoms with E-state index in [1.165, 1.54) is 26.8 Å². The second-order valence-electron chi connectivity index (χ2n) is 9.58. The Kier molecular flexibility index (Phi) is 6.14. The summed E-state index contributed by atoms with van der Waals surface area (Å²) in [6.45, 7) is 9.00. The summed E-state index contributed by atoms with van der Waals surface area (Å²) in [5.74, 6) is -6.02. The molecule has 2 unspecified atom stereocenters.